The number of carbonyl (C=O) groups excluding carboxylic acids is 2. The molecule has 0 aliphatic carbocycles. The first-order chi connectivity index (χ1) is 13.8. The molecule has 0 aliphatic rings. The van der Waals surface area contributed by atoms with Crippen LogP contribution in [-0.4, -0.2) is 28.8 Å². The van der Waals surface area contributed by atoms with Gasteiger partial charge in [-0.15, -0.1) is 0 Å². The minimum absolute atomic E-state index is 0.0381. The second-order valence-electron chi connectivity index (χ2n) is 7.56. The first kappa shape index (κ1) is 22.6. The Morgan fingerprint density at radius 2 is 1.72 bits per heavy atom. The summed E-state index contributed by atoms with van der Waals surface area (Å²) >= 11 is 0. The molecule has 29 heavy (non-hydrogen) atoms. The minimum atomic E-state index is -0.577. The molecular weight excluding hydrogens is 367 g/mol. The quantitative estimate of drug-likeness (QED) is 0.681. The first-order valence-electron chi connectivity index (χ1n) is 10.2. The van der Waals surface area contributed by atoms with Gasteiger partial charge in [-0.05, 0) is 49.9 Å². The first-order valence-corrected chi connectivity index (χ1v) is 10.2. The standard InChI is InChI=1S/C24H31FN2O2/c1-5-18(4)26-24(29)22(6-2)27(16-19-10-12-21(25)13-11-19)23(28)15-20-9-7-8-17(3)14-20/h7-14,18,22H,5-6,15-16H2,1-4H3,(H,26,29). The smallest absolute Gasteiger partial charge is 0.243 e. The van der Waals surface area contributed by atoms with E-state index in [9.17, 15) is 14.0 Å². The summed E-state index contributed by atoms with van der Waals surface area (Å²) in [6.45, 7) is 8.10. The van der Waals surface area contributed by atoms with Crippen LogP contribution in [-0.2, 0) is 22.6 Å². The SMILES string of the molecule is CCC(C)NC(=O)C(CC)N(Cc1ccc(F)cc1)C(=O)Cc1cccc(C)c1. The molecule has 2 aromatic carbocycles. The van der Waals surface area contributed by atoms with Gasteiger partial charge in [0.25, 0.3) is 0 Å². The summed E-state index contributed by atoms with van der Waals surface area (Å²) < 4.78 is 13.3. The maximum absolute atomic E-state index is 13.3. The largest absolute Gasteiger partial charge is 0.352 e. The summed E-state index contributed by atoms with van der Waals surface area (Å²) in [4.78, 5) is 27.7. The van der Waals surface area contributed by atoms with Crippen LogP contribution in [0.25, 0.3) is 0 Å². The third kappa shape index (κ3) is 6.70. The molecule has 0 saturated carbocycles. The van der Waals surface area contributed by atoms with E-state index < -0.39 is 6.04 Å². The number of nitrogens with zero attached hydrogens (tertiary/aromatic N) is 1. The number of rotatable bonds is 9. The van der Waals surface area contributed by atoms with Crippen LogP contribution in [0.5, 0.6) is 0 Å². The van der Waals surface area contributed by atoms with Crippen molar-refractivity contribution in [2.75, 3.05) is 0 Å². The lowest BCUT2D eigenvalue weighted by Gasteiger charge is -2.31. The van der Waals surface area contributed by atoms with Crippen LogP contribution in [0.1, 0.15) is 50.3 Å². The second-order valence-corrected chi connectivity index (χ2v) is 7.56. The number of carbonyl (C=O) groups is 2. The van der Waals surface area contributed by atoms with Crippen molar-refractivity contribution < 1.29 is 14.0 Å². The molecule has 0 saturated heterocycles. The molecule has 0 aromatic heterocycles. The lowest BCUT2D eigenvalue weighted by Crippen LogP contribution is -2.51. The maximum atomic E-state index is 13.3. The fraction of sp³-hybridized carbons (Fsp3) is 0.417. The Labute approximate surface area is 173 Å². The van der Waals surface area contributed by atoms with Gasteiger partial charge in [-0.25, -0.2) is 4.39 Å². The lowest BCUT2D eigenvalue weighted by atomic mass is 10.0. The molecule has 4 nitrogen and oxygen atoms in total. The normalized spacial score (nSPS) is 12.9. The lowest BCUT2D eigenvalue weighted by molar-refractivity contribution is -0.141. The molecule has 1 N–H and O–H groups in total. The summed E-state index contributed by atoms with van der Waals surface area (Å²) in [6, 6.07) is 13.3. The predicted octanol–water partition coefficient (Wildman–Crippen LogP) is 4.40. The van der Waals surface area contributed by atoms with Crippen molar-refractivity contribution in [2.45, 2.75) is 65.6 Å². The number of halogens is 1. The number of hydrogen-bond acceptors (Lipinski definition) is 2. The van der Waals surface area contributed by atoms with Crippen molar-refractivity contribution in [1.29, 1.82) is 0 Å². The van der Waals surface area contributed by atoms with Gasteiger partial charge in [0.2, 0.25) is 11.8 Å². The molecular formula is C24H31FN2O2. The van der Waals surface area contributed by atoms with Crippen molar-refractivity contribution >= 4 is 11.8 Å². The van der Waals surface area contributed by atoms with Gasteiger partial charge in [0.1, 0.15) is 11.9 Å². The molecule has 0 aliphatic heterocycles. The molecule has 156 valence electrons. The van der Waals surface area contributed by atoms with Crippen molar-refractivity contribution in [1.82, 2.24) is 10.2 Å². The third-order valence-electron chi connectivity index (χ3n) is 5.09. The van der Waals surface area contributed by atoms with Crippen molar-refractivity contribution in [3.05, 3.63) is 71.0 Å². The molecule has 0 radical (unpaired) electrons. The van der Waals surface area contributed by atoms with Crippen LogP contribution in [0, 0.1) is 12.7 Å². The summed E-state index contributed by atoms with van der Waals surface area (Å²) in [7, 11) is 0. The van der Waals surface area contributed by atoms with E-state index >= 15 is 0 Å². The average molecular weight is 399 g/mol. The fourth-order valence-corrected chi connectivity index (χ4v) is 3.25. The topological polar surface area (TPSA) is 49.4 Å². The Morgan fingerprint density at radius 3 is 2.31 bits per heavy atom. The van der Waals surface area contributed by atoms with Gasteiger partial charge in [-0.2, -0.15) is 0 Å². The highest BCUT2D eigenvalue weighted by Crippen LogP contribution is 2.16. The van der Waals surface area contributed by atoms with E-state index in [-0.39, 0.29) is 36.6 Å². The molecule has 0 bridgehead atoms. The number of amides is 2. The van der Waals surface area contributed by atoms with E-state index in [1.54, 1.807) is 17.0 Å². The second kappa shape index (κ2) is 10.7. The van der Waals surface area contributed by atoms with E-state index in [1.165, 1.54) is 12.1 Å². The van der Waals surface area contributed by atoms with Gasteiger partial charge >= 0.3 is 0 Å². The Balaban J connectivity index is 2.28. The number of aryl methyl sites for hydroxylation is 1. The zero-order valence-corrected chi connectivity index (χ0v) is 17.7. The van der Waals surface area contributed by atoms with E-state index in [0.29, 0.717) is 6.42 Å². The van der Waals surface area contributed by atoms with E-state index in [1.807, 2.05) is 52.0 Å². The van der Waals surface area contributed by atoms with Crippen molar-refractivity contribution in [3.8, 4) is 0 Å². The summed E-state index contributed by atoms with van der Waals surface area (Å²) in [5.74, 6) is -0.597. The maximum Gasteiger partial charge on any atom is 0.243 e. The number of nitrogens with one attached hydrogen (secondary N) is 1. The molecule has 2 atom stereocenters. The molecule has 2 aromatic rings. The minimum Gasteiger partial charge on any atom is -0.352 e. The van der Waals surface area contributed by atoms with Gasteiger partial charge in [-0.3, -0.25) is 9.59 Å². The van der Waals surface area contributed by atoms with E-state index in [4.69, 9.17) is 0 Å². The molecule has 0 spiro atoms. The Morgan fingerprint density at radius 1 is 1.03 bits per heavy atom. The van der Waals surface area contributed by atoms with Crippen LogP contribution in [0.2, 0.25) is 0 Å². The van der Waals surface area contributed by atoms with Gasteiger partial charge < -0.3 is 10.2 Å². The molecule has 5 heteroatoms. The van der Waals surface area contributed by atoms with Gasteiger partial charge in [0.05, 0.1) is 6.42 Å². The Bertz CT molecular complexity index is 820. The fourth-order valence-electron chi connectivity index (χ4n) is 3.25. The molecule has 0 heterocycles. The molecule has 0 fully saturated rings. The third-order valence-corrected chi connectivity index (χ3v) is 5.09. The highest BCUT2D eigenvalue weighted by molar-refractivity contribution is 5.88. The monoisotopic (exact) mass is 398 g/mol. The van der Waals surface area contributed by atoms with Crippen LogP contribution < -0.4 is 5.32 Å². The van der Waals surface area contributed by atoms with E-state index in [2.05, 4.69) is 5.32 Å². The highest BCUT2D eigenvalue weighted by Gasteiger charge is 2.29. The number of hydrogen-bond donors (Lipinski definition) is 1. The van der Waals surface area contributed by atoms with Gasteiger partial charge in [0, 0.05) is 12.6 Å². The van der Waals surface area contributed by atoms with Crippen LogP contribution in [0.15, 0.2) is 48.5 Å². The summed E-state index contributed by atoms with van der Waals surface area (Å²) in [6.07, 6.45) is 1.54. The Hall–Kier alpha value is -2.69. The van der Waals surface area contributed by atoms with Crippen LogP contribution >= 0.6 is 0 Å². The summed E-state index contributed by atoms with van der Waals surface area (Å²) in [5, 5.41) is 2.99. The highest BCUT2D eigenvalue weighted by atomic mass is 19.1. The molecule has 2 rings (SSSR count). The number of benzene rings is 2. The van der Waals surface area contributed by atoms with Crippen molar-refractivity contribution in [3.63, 3.8) is 0 Å². The Kier molecular flexibility index (Phi) is 8.37. The zero-order valence-electron chi connectivity index (χ0n) is 17.7. The summed E-state index contributed by atoms with van der Waals surface area (Å²) in [5.41, 5.74) is 2.79. The van der Waals surface area contributed by atoms with E-state index in [0.717, 1.165) is 23.1 Å². The van der Waals surface area contributed by atoms with Crippen molar-refractivity contribution in [2.24, 2.45) is 0 Å². The molecule has 2 amide bonds. The predicted molar refractivity (Wildman–Crippen MR) is 114 cm³/mol. The van der Waals surface area contributed by atoms with Crippen LogP contribution in [0.4, 0.5) is 4.39 Å². The average Bonchev–Trinajstić information content (AvgIpc) is 2.69. The van der Waals surface area contributed by atoms with Crippen LogP contribution in [0.3, 0.4) is 0 Å². The zero-order chi connectivity index (χ0) is 21.4. The van der Waals surface area contributed by atoms with Gasteiger partial charge in [-0.1, -0.05) is 55.8 Å². The molecule has 2 unspecified atom stereocenters. The van der Waals surface area contributed by atoms with Gasteiger partial charge in [0.15, 0.2) is 0 Å².